The quantitative estimate of drug-likeness (QED) is 0.780. The van der Waals surface area contributed by atoms with Gasteiger partial charge >= 0.3 is 0 Å². The first kappa shape index (κ1) is 19.7. The Morgan fingerprint density at radius 3 is 2.76 bits per heavy atom. The van der Waals surface area contributed by atoms with Crippen LogP contribution < -0.4 is 10.1 Å². The van der Waals surface area contributed by atoms with Crippen LogP contribution in [0.4, 0.5) is 0 Å². The maximum Gasteiger partial charge on any atom is 0.119 e. The minimum Gasteiger partial charge on any atom is -0.494 e. The molecule has 0 saturated carbocycles. The van der Waals surface area contributed by atoms with Gasteiger partial charge in [-0.2, -0.15) is 0 Å². The standard InChI is InChI=1S/C20H27N3O.ClH/c1-2-24-20-7-3-5-17(11-20)14-23(16-19-8-10-22-13-19)15-18-6-4-9-21-12-18;/h3-7,9,11-12,19,22H,2,8,10,13-16H2,1H3;1H. The average Bonchev–Trinajstić information content (AvgIpc) is 3.09. The van der Waals surface area contributed by atoms with E-state index < -0.39 is 0 Å². The maximum atomic E-state index is 5.64. The molecule has 1 unspecified atom stereocenters. The Morgan fingerprint density at radius 2 is 2.04 bits per heavy atom. The number of hydrogen-bond acceptors (Lipinski definition) is 4. The highest BCUT2D eigenvalue weighted by molar-refractivity contribution is 5.85. The molecular formula is C20H28ClN3O. The summed E-state index contributed by atoms with van der Waals surface area (Å²) in [5.74, 6) is 1.69. The van der Waals surface area contributed by atoms with Gasteiger partial charge in [-0.05, 0) is 61.7 Å². The lowest BCUT2D eigenvalue weighted by Gasteiger charge is -2.25. The molecule has 136 valence electrons. The Labute approximate surface area is 157 Å². The number of pyridine rings is 1. The van der Waals surface area contributed by atoms with Crippen LogP contribution in [-0.4, -0.2) is 36.1 Å². The fourth-order valence-electron chi connectivity index (χ4n) is 3.33. The fraction of sp³-hybridized carbons (Fsp3) is 0.450. The monoisotopic (exact) mass is 361 g/mol. The van der Waals surface area contributed by atoms with Gasteiger partial charge in [0.25, 0.3) is 0 Å². The van der Waals surface area contributed by atoms with Crippen LogP contribution in [0.2, 0.25) is 0 Å². The largest absolute Gasteiger partial charge is 0.494 e. The molecule has 1 saturated heterocycles. The van der Waals surface area contributed by atoms with E-state index in [1.165, 1.54) is 17.5 Å². The summed E-state index contributed by atoms with van der Waals surface area (Å²) in [6, 6.07) is 12.6. The Hall–Kier alpha value is -1.62. The number of nitrogens with one attached hydrogen (secondary N) is 1. The second-order valence-corrected chi connectivity index (χ2v) is 6.47. The van der Waals surface area contributed by atoms with Crippen molar-refractivity contribution in [3.63, 3.8) is 0 Å². The second kappa shape index (κ2) is 10.4. The first-order valence-electron chi connectivity index (χ1n) is 8.87. The van der Waals surface area contributed by atoms with Gasteiger partial charge in [0.2, 0.25) is 0 Å². The third kappa shape index (κ3) is 6.31. The van der Waals surface area contributed by atoms with E-state index in [1.54, 1.807) is 0 Å². The third-order valence-electron chi connectivity index (χ3n) is 4.42. The third-order valence-corrected chi connectivity index (χ3v) is 4.42. The van der Waals surface area contributed by atoms with E-state index in [0.717, 1.165) is 44.4 Å². The van der Waals surface area contributed by atoms with Crippen LogP contribution in [0.5, 0.6) is 5.75 Å². The lowest BCUT2D eigenvalue weighted by atomic mass is 10.1. The van der Waals surface area contributed by atoms with Crippen molar-refractivity contribution >= 4 is 12.4 Å². The zero-order chi connectivity index (χ0) is 16.6. The summed E-state index contributed by atoms with van der Waals surface area (Å²) in [5, 5.41) is 3.47. The Bertz CT molecular complexity index is 617. The number of aromatic nitrogens is 1. The lowest BCUT2D eigenvalue weighted by molar-refractivity contribution is 0.220. The summed E-state index contributed by atoms with van der Waals surface area (Å²) >= 11 is 0. The predicted molar refractivity (Wildman–Crippen MR) is 104 cm³/mol. The predicted octanol–water partition coefficient (Wildman–Crippen LogP) is 3.51. The molecule has 0 bridgehead atoms. The van der Waals surface area contributed by atoms with Crippen molar-refractivity contribution in [1.29, 1.82) is 0 Å². The van der Waals surface area contributed by atoms with E-state index in [4.69, 9.17) is 4.74 Å². The van der Waals surface area contributed by atoms with Gasteiger partial charge in [-0.25, -0.2) is 0 Å². The summed E-state index contributed by atoms with van der Waals surface area (Å²) in [4.78, 5) is 6.78. The summed E-state index contributed by atoms with van der Waals surface area (Å²) < 4.78 is 5.64. The normalized spacial score (nSPS) is 16.6. The molecule has 1 aliphatic rings. The van der Waals surface area contributed by atoms with Gasteiger partial charge in [0.1, 0.15) is 5.75 Å². The number of benzene rings is 1. The molecule has 0 spiro atoms. The molecule has 4 nitrogen and oxygen atoms in total. The van der Waals surface area contributed by atoms with Crippen LogP contribution in [0.1, 0.15) is 24.5 Å². The SMILES string of the molecule is CCOc1cccc(CN(Cc2cccnc2)CC2CCNC2)c1.Cl. The molecule has 2 aromatic rings. The molecule has 1 aromatic carbocycles. The van der Waals surface area contributed by atoms with Gasteiger partial charge in [-0.3, -0.25) is 9.88 Å². The van der Waals surface area contributed by atoms with Gasteiger partial charge in [0, 0.05) is 32.0 Å². The van der Waals surface area contributed by atoms with Crippen molar-refractivity contribution in [1.82, 2.24) is 15.2 Å². The van der Waals surface area contributed by atoms with Crippen molar-refractivity contribution in [2.75, 3.05) is 26.2 Å². The number of halogens is 1. The lowest BCUT2D eigenvalue weighted by Crippen LogP contribution is -2.30. The molecule has 1 aromatic heterocycles. The van der Waals surface area contributed by atoms with Gasteiger partial charge in [-0.1, -0.05) is 18.2 Å². The van der Waals surface area contributed by atoms with E-state index in [9.17, 15) is 0 Å². The van der Waals surface area contributed by atoms with Crippen LogP contribution in [-0.2, 0) is 13.1 Å². The number of ether oxygens (including phenoxy) is 1. The van der Waals surface area contributed by atoms with Crippen LogP contribution in [0.25, 0.3) is 0 Å². The van der Waals surface area contributed by atoms with Crippen molar-refractivity contribution in [2.45, 2.75) is 26.4 Å². The molecule has 0 radical (unpaired) electrons. The molecule has 3 rings (SSSR count). The fourth-order valence-corrected chi connectivity index (χ4v) is 3.33. The average molecular weight is 362 g/mol. The molecule has 0 aliphatic carbocycles. The zero-order valence-electron chi connectivity index (χ0n) is 14.9. The Kier molecular flexibility index (Phi) is 8.19. The van der Waals surface area contributed by atoms with E-state index in [0.29, 0.717) is 6.61 Å². The van der Waals surface area contributed by atoms with Crippen LogP contribution in [0.3, 0.4) is 0 Å². The van der Waals surface area contributed by atoms with Crippen molar-refractivity contribution in [2.24, 2.45) is 5.92 Å². The molecule has 25 heavy (non-hydrogen) atoms. The highest BCUT2D eigenvalue weighted by atomic mass is 35.5. The zero-order valence-corrected chi connectivity index (χ0v) is 15.7. The molecule has 1 fully saturated rings. The molecule has 1 aliphatic heterocycles. The minimum atomic E-state index is 0. The molecule has 0 amide bonds. The molecule has 1 atom stereocenters. The van der Waals surface area contributed by atoms with Crippen LogP contribution in [0, 0.1) is 5.92 Å². The first-order chi connectivity index (χ1) is 11.8. The number of hydrogen-bond donors (Lipinski definition) is 1. The molecular weight excluding hydrogens is 334 g/mol. The molecule has 1 N–H and O–H groups in total. The summed E-state index contributed by atoms with van der Waals surface area (Å²) in [6.07, 6.45) is 5.07. The van der Waals surface area contributed by atoms with Crippen LogP contribution in [0.15, 0.2) is 48.8 Å². The summed E-state index contributed by atoms with van der Waals surface area (Å²) in [7, 11) is 0. The van der Waals surface area contributed by atoms with E-state index >= 15 is 0 Å². The Morgan fingerprint density at radius 1 is 1.20 bits per heavy atom. The van der Waals surface area contributed by atoms with Gasteiger partial charge in [0.15, 0.2) is 0 Å². The minimum absolute atomic E-state index is 0. The summed E-state index contributed by atoms with van der Waals surface area (Å²) in [5.41, 5.74) is 2.57. The van der Waals surface area contributed by atoms with Gasteiger partial charge in [-0.15, -0.1) is 12.4 Å². The number of nitrogens with zero attached hydrogens (tertiary/aromatic N) is 2. The maximum absolute atomic E-state index is 5.64. The number of rotatable bonds is 8. The van der Waals surface area contributed by atoms with E-state index in [2.05, 4.69) is 39.5 Å². The smallest absolute Gasteiger partial charge is 0.119 e. The van der Waals surface area contributed by atoms with Crippen LogP contribution >= 0.6 is 12.4 Å². The van der Waals surface area contributed by atoms with Crippen molar-refractivity contribution in [3.8, 4) is 5.75 Å². The van der Waals surface area contributed by atoms with E-state index in [-0.39, 0.29) is 12.4 Å². The second-order valence-electron chi connectivity index (χ2n) is 6.47. The highest BCUT2D eigenvalue weighted by Crippen LogP contribution is 2.18. The Balaban J connectivity index is 0.00000225. The van der Waals surface area contributed by atoms with Gasteiger partial charge < -0.3 is 10.1 Å². The first-order valence-corrected chi connectivity index (χ1v) is 8.87. The van der Waals surface area contributed by atoms with Crippen molar-refractivity contribution < 1.29 is 4.74 Å². The van der Waals surface area contributed by atoms with Crippen molar-refractivity contribution in [3.05, 3.63) is 59.9 Å². The molecule has 2 heterocycles. The van der Waals surface area contributed by atoms with Gasteiger partial charge in [0.05, 0.1) is 6.61 Å². The topological polar surface area (TPSA) is 37.4 Å². The summed E-state index contributed by atoms with van der Waals surface area (Å²) in [6.45, 7) is 7.98. The highest BCUT2D eigenvalue weighted by Gasteiger charge is 2.19. The molecule has 5 heteroatoms. The van der Waals surface area contributed by atoms with E-state index in [1.807, 2.05) is 31.5 Å².